The number of hydrogen-bond acceptors (Lipinski definition) is 3. The first kappa shape index (κ1) is 12.5. The van der Waals surface area contributed by atoms with Crippen molar-refractivity contribution in [2.75, 3.05) is 32.8 Å². The summed E-state index contributed by atoms with van der Waals surface area (Å²) in [7, 11) is 0. The Morgan fingerprint density at radius 3 is 2.80 bits per heavy atom. The summed E-state index contributed by atoms with van der Waals surface area (Å²) in [5.74, 6) is -0.568. The summed E-state index contributed by atoms with van der Waals surface area (Å²) in [4.78, 5) is 13.1. The normalized spacial score (nSPS) is 27.1. The van der Waals surface area contributed by atoms with Gasteiger partial charge in [-0.05, 0) is 19.3 Å². The van der Waals surface area contributed by atoms with Gasteiger partial charge >= 0.3 is 5.97 Å². The van der Waals surface area contributed by atoms with Crippen molar-refractivity contribution in [3.8, 4) is 0 Å². The molecule has 0 spiro atoms. The fourth-order valence-corrected chi connectivity index (χ4v) is 2.11. The number of rotatable bonds is 6. The van der Waals surface area contributed by atoms with Gasteiger partial charge in [0.1, 0.15) is 0 Å². The van der Waals surface area contributed by atoms with Gasteiger partial charge in [-0.15, -0.1) is 0 Å². The molecule has 15 heavy (non-hydrogen) atoms. The number of carboxylic acids is 1. The van der Waals surface area contributed by atoms with Crippen LogP contribution in [0.1, 0.15) is 20.3 Å². The minimum atomic E-state index is -0.658. The van der Waals surface area contributed by atoms with Gasteiger partial charge in [0.15, 0.2) is 0 Å². The van der Waals surface area contributed by atoms with Crippen molar-refractivity contribution in [2.24, 2.45) is 11.8 Å². The van der Waals surface area contributed by atoms with E-state index in [1.807, 2.05) is 13.8 Å². The molecule has 1 fully saturated rings. The molecule has 0 bridgehead atoms. The highest BCUT2D eigenvalue weighted by atomic mass is 16.5. The van der Waals surface area contributed by atoms with Gasteiger partial charge < -0.3 is 14.7 Å². The second-order valence-corrected chi connectivity index (χ2v) is 4.23. The molecule has 0 saturated carbocycles. The van der Waals surface area contributed by atoms with E-state index in [1.54, 1.807) is 0 Å². The topological polar surface area (TPSA) is 49.8 Å². The molecule has 1 N–H and O–H groups in total. The Morgan fingerprint density at radius 2 is 2.27 bits per heavy atom. The van der Waals surface area contributed by atoms with Crippen molar-refractivity contribution < 1.29 is 14.6 Å². The monoisotopic (exact) mass is 215 g/mol. The standard InChI is InChI=1S/C11H21NO3/c1-3-15-6-4-5-12-7-9(2)10(8-12)11(13)14/h9-10H,3-8H2,1-2H3,(H,13,14). The van der Waals surface area contributed by atoms with E-state index in [-0.39, 0.29) is 11.8 Å². The number of nitrogens with zero attached hydrogens (tertiary/aromatic N) is 1. The molecule has 0 aromatic heterocycles. The number of hydrogen-bond donors (Lipinski definition) is 1. The van der Waals surface area contributed by atoms with Crippen LogP contribution in [-0.4, -0.2) is 48.8 Å². The fourth-order valence-electron chi connectivity index (χ4n) is 2.11. The Morgan fingerprint density at radius 1 is 1.53 bits per heavy atom. The number of carbonyl (C=O) groups is 1. The first-order chi connectivity index (χ1) is 7.15. The highest BCUT2D eigenvalue weighted by Gasteiger charge is 2.34. The van der Waals surface area contributed by atoms with Gasteiger partial charge in [-0.25, -0.2) is 0 Å². The fraction of sp³-hybridized carbons (Fsp3) is 0.909. The molecule has 1 aliphatic rings. The summed E-state index contributed by atoms with van der Waals surface area (Å²) in [5.41, 5.74) is 0. The van der Waals surface area contributed by atoms with Crippen molar-refractivity contribution in [2.45, 2.75) is 20.3 Å². The van der Waals surface area contributed by atoms with E-state index in [0.717, 1.165) is 32.7 Å². The van der Waals surface area contributed by atoms with Gasteiger partial charge in [0, 0.05) is 32.8 Å². The van der Waals surface area contributed by atoms with Crippen LogP contribution in [0.5, 0.6) is 0 Å². The van der Waals surface area contributed by atoms with Crippen LogP contribution in [0.4, 0.5) is 0 Å². The SMILES string of the molecule is CCOCCCN1CC(C)C(C(=O)O)C1. The molecule has 0 radical (unpaired) electrons. The van der Waals surface area contributed by atoms with E-state index in [9.17, 15) is 4.79 Å². The predicted molar refractivity (Wildman–Crippen MR) is 57.8 cm³/mol. The molecule has 0 aromatic rings. The summed E-state index contributed by atoms with van der Waals surface area (Å²) in [6.07, 6.45) is 0.993. The number of ether oxygens (including phenoxy) is 1. The summed E-state index contributed by atoms with van der Waals surface area (Å²) in [6.45, 7) is 8.09. The molecule has 1 aliphatic heterocycles. The molecular weight excluding hydrogens is 194 g/mol. The summed E-state index contributed by atoms with van der Waals surface area (Å²) < 4.78 is 5.25. The van der Waals surface area contributed by atoms with Gasteiger partial charge in [-0.1, -0.05) is 6.92 Å². The number of carboxylic acid groups (broad SMARTS) is 1. The van der Waals surface area contributed by atoms with Gasteiger partial charge in [0.25, 0.3) is 0 Å². The van der Waals surface area contributed by atoms with Crippen LogP contribution in [0.3, 0.4) is 0 Å². The third-order valence-corrected chi connectivity index (χ3v) is 2.97. The Labute approximate surface area is 91.2 Å². The molecule has 1 heterocycles. The van der Waals surface area contributed by atoms with Crippen LogP contribution < -0.4 is 0 Å². The van der Waals surface area contributed by atoms with E-state index in [1.165, 1.54) is 0 Å². The highest BCUT2D eigenvalue weighted by molar-refractivity contribution is 5.71. The minimum absolute atomic E-state index is 0.183. The third kappa shape index (κ3) is 3.80. The molecule has 0 amide bonds. The Balaban J connectivity index is 2.20. The Kier molecular flexibility index (Phi) is 5.05. The molecule has 2 atom stereocenters. The number of aliphatic carboxylic acids is 1. The highest BCUT2D eigenvalue weighted by Crippen LogP contribution is 2.22. The quantitative estimate of drug-likeness (QED) is 0.673. The zero-order chi connectivity index (χ0) is 11.3. The molecule has 2 unspecified atom stereocenters. The van der Waals surface area contributed by atoms with Gasteiger partial charge in [-0.3, -0.25) is 4.79 Å². The summed E-state index contributed by atoms with van der Waals surface area (Å²) in [6, 6.07) is 0. The van der Waals surface area contributed by atoms with Crippen molar-refractivity contribution >= 4 is 5.97 Å². The van der Waals surface area contributed by atoms with Crippen molar-refractivity contribution in [3.63, 3.8) is 0 Å². The van der Waals surface area contributed by atoms with Crippen molar-refractivity contribution in [3.05, 3.63) is 0 Å². The second kappa shape index (κ2) is 6.08. The predicted octanol–water partition coefficient (Wildman–Crippen LogP) is 1.07. The van der Waals surface area contributed by atoms with Crippen molar-refractivity contribution in [1.29, 1.82) is 0 Å². The maximum absolute atomic E-state index is 10.9. The van der Waals surface area contributed by atoms with E-state index in [4.69, 9.17) is 9.84 Å². The Hall–Kier alpha value is -0.610. The molecule has 0 aromatic carbocycles. The van der Waals surface area contributed by atoms with E-state index < -0.39 is 5.97 Å². The van der Waals surface area contributed by atoms with Crippen LogP contribution in [0.25, 0.3) is 0 Å². The molecule has 4 nitrogen and oxygen atoms in total. The lowest BCUT2D eigenvalue weighted by molar-refractivity contribution is -0.142. The summed E-state index contributed by atoms with van der Waals surface area (Å²) >= 11 is 0. The van der Waals surface area contributed by atoms with Crippen LogP contribution in [0, 0.1) is 11.8 Å². The van der Waals surface area contributed by atoms with Crippen molar-refractivity contribution in [1.82, 2.24) is 4.90 Å². The molecule has 1 rings (SSSR count). The lowest BCUT2D eigenvalue weighted by Crippen LogP contribution is -2.25. The first-order valence-electron chi connectivity index (χ1n) is 5.68. The smallest absolute Gasteiger partial charge is 0.308 e. The second-order valence-electron chi connectivity index (χ2n) is 4.23. The molecule has 1 saturated heterocycles. The number of likely N-dealkylation sites (tertiary alicyclic amines) is 1. The Bertz CT molecular complexity index is 208. The maximum Gasteiger partial charge on any atom is 0.308 e. The summed E-state index contributed by atoms with van der Waals surface area (Å²) in [5, 5.41) is 8.96. The van der Waals surface area contributed by atoms with Gasteiger partial charge in [-0.2, -0.15) is 0 Å². The molecule has 88 valence electrons. The van der Waals surface area contributed by atoms with Gasteiger partial charge in [0.2, 0.25) is 0 Å². The zero-order valence-electron chi connectivity index (χ0n) is 9.61. The molecule has 0 aliphatic carbocycles. The van der Waals surface area contributed by atoms with Gasteiger partial charge in [0.05, 0.1) is 5.92 Å². The first-order valence-corrected chi connectivity index (χ1v) is 5.68. The lowest BCUT2D eigenvalue weighted by atomic mass is 9.99. The van der Waals surface area contributed by atoms with Crippen LogP contribution >= 0.6 is 0 Å². The molecule has 4 heteroatoms. The lowest BCUT2D eigenvalue weighted by Gasteiger charge is -2.14. The van der Waals surface area contributed by atoms with Crippen LogP contribution in [-0.2, 0) is 9.53 Å². The average molecular weight is 215 g/mol. The third-order valence-electron chi connectivity index (χ3n) is 2.97. The maximum atomic E-state index is 10.9. The minimum Gasteiger partial charge on any atom is -0.481 e. The van der Waals surface area contributed by atoms with E-state index in [0.29, 0.717) is 6.54 Å². The van der Waals surface area contributed by atoms with E-state index in [2.05, 4.69) is 4.90 Å². The van der Waals surface area contributed by atoms with E-state index >= 15 is 0 Å². The zero-order valence-corrected chi connectivity index (χ0v) is 9.61. The largest absolute Gasteiger partial charge is 0.481 e. The van der Waals surface area contributed by atoms with Crippen LogP contribution in [0.15, 0.2) is 0 Å². The average Bonchev–Trinajstić information content (AvgIpc) is 2.55. The molecular formula is C11H21NO3. The van der Waals surface area contributed by atoms with Crippen LogP contribution in [0.2, 0.25) is 0 Å².